The molecule has 16 heavy (non-hydrogen) atoms. The van der Waals surface area contributed by atoms with Gasteiger partial charge in [0.05, 0.1) is 6.54 Å². The Hall–Kier alpha value is -1.30. The van der Waals surface area contributed by atoms with Crippen molar-refractivity contribution in [2.45, 2.75) is 6.04 Å². The van der Waals surface area contributed by atoms with Gasteiger partial charge in [0.1, 0.15) is 6.04 Å². The third kappa shape index (κ3) is 2.11. The van der Waals surface area contributed by atoms with Crippen LogP contribution in [0.3, 0.4) is 0 Å². The summed E-state index contributed by atoms with van der Waals surface area (Å²) >= 11 is 0. The van der Waals surface area contributed by atoms with E-state index in [9.17, 15) is 9.59 Å². The van der Waals surface area contributed by atoms with Gasteiger partial charge in [-0.25, -0.2) is 4.79 Å². The highest BCUT2D eigenvalue weighted by Crippen LogP contribution is 2.07. The van der Waals surface area contributed by atoms with Crippen molar-refractivity contribution >= 4 is 11.9 Å². The number of amides is 3. The smallest absolute Gasteiger partial charge is 0.317 e. The van der Waals surface area contributed by atoms with Crippen LogP contribution in [0.2, 0.25) is 0 Å². The fraction of sp³-hybridized carbons (Fsp3) is 0.800. The molecule has 6 nitrogen and oxygen atoms in total. The normalized spacial score (nSPS) is 27.1. The van der Waals surface area contributed by atoms with Gasteiger partial charge in [-0.1, -0.05) is 0 Å². The Morgan fingerprint density at radius 2 is 1.88 bits per heavy atom. The van der Waals surface area contributed by atoms with Gasteiger partial charge in [-0.05, 0) is 7.05 Å². The number of piperazine rings is 1. The van der Waals surface area contributed by atoms with E-state index < -0.39 is 0 Å². The average molecular weight is 226 g/mol. The second-order valence-corrected chi connectivity index (χ2v) is 4.51. The number of carbonyl (C=O) groups excluding carboxylic acids is 2. The van der Waals surface area contributed by atoms with E-state index in [0.717, 1.165) is 26.2 Å². The zero-order valence-electron chi connectivity index (χ0n) is 9.77. The SMILES string of the molecule is CN1CCN(C(=O)C2CN(C)C(=O)N2)CC1. The molecule has 2 fully saturated rings. The first-order chi connectivity index (χ1) is 7.58. The maximum atomic E-state index is 12.1. The number of nitrogens with one attached hydrogen (secondary N) is 1. The molecule has 2 rings (SSSR count). The molecular formula is C10H18N4O2. The van der Waals surface area contributed by atoms with Crippen molar-refractivity contribution in [2.24, 2.45) is 0 Å². The van der Waals surface area contributed by atoms with E-state index in [1.807, 2.05) is 11.9 Å². The minimum absolute atomic E-state index is 0.0470. The predicted molar refractivity (Wildman–Crippen MR) is 59.0 cm³/mol. The van der Waals surface area contributed by atoms with Gasteiger partial charge in [-0.3, -0.25) is 4.79 Å². The quantitative estimate of drug-likeness (QED) is 0.610. The Kier molecular flexibility index (Phi) is 3.00. The Bertz CT molecular complexity index is 299. The van der Waals surface area contributed by atoms with Crippen LogP contribution in [0.15, 0.2) is 0 Å². The second-order valence-electron chi connectivity index (χ2n) is 4.51. The summed E-state index contributed by atoms with van der Waals surface area (Å²) in [4.78, 5) is 28.9. The number of urea groups is 1. The third-order valence-electron chi connectivity index (χ3n) is 3.21. The van der Waals surface area contributed by atoms with Crippen molar-refractivity contribution in [3.8, 4) is 0 Å². The molecule has 3 amide bonds. The van der Waals surface area contributed by atoms with Crippen LogP contribution in [0.25, 0.3) is 0 Å². The van der Waals surface area contributed by atoms with Crippen molar-refractivity contribution in [1.82, 2.24) is 20.0 Å². The van der Waals surface area contributed by atoms with E-state index >= 15 is 0 Å². The Morgan fingerprint density at radius 1 is 1.25 bits per heavy atom. The molecule has 0 spiro atoms. The van der Waals surface area contributed by atoms with Gasteiger partial charge in [-0.2, -0.15) is 0 Å². The molecule has 0 bridgehead atoms. The monoisotopic (exact) mass is 226 g/mol. The van der Waals surface area contributed by atoms with Gasteiger partial charge in [0.15, 0.2) is 0 Å². The molecule has 1 unspecified atom stereocenters. The van der Waals surface area contributed by atoms with Crippen molar-refractivity contribution in [3.63, 3.8) is 0 Å². The lowest BCUT2D eigenvalue weighted by Gasteiger charge is -2.33. The summed E-state index contributed by atoms with van der Waals surface area (Å²) in [5, 5.41) is 2.69. The van der Waals surface area contributed by atoms with Gasteiger partial charge in [-0.15, -0.1) is 0 Å². The molecule has 2 saturated heterocycles. The molecule has 1 N–H and O–H groups in total. The zero-order chi connectivity index (χ0) is 11.7. The van der Waals surface area contributed by atoms with Crippen LogP contribution in [0.1, 0.15) is 0 Å². The largest absolute Gasteiger partial charge is 0.338 e. The van der Waals surface area contributed by atoms with E-state index in [4.69, 9.17) is 0 Å². The molecule has 2 aliphatic heterocycles. The predicted octanol–water partition coefficient (Wildman–Crippen LogP) is -1.22. The van der Waals surface area contributed by atoms with E-state index in [0.29, 0.717) is 6.54 Å². The van der Waals surface area contributed by atoms with E-state index in [1.54, 1.807) is 11.9 Å². The number of rotatable bonds is 1. The highest BCUT2D eigenvalue weighted by atomic mass is 16.2. The van der Waals surface area contributed by atoms with Crippen molar-refractivity contribution in [2.75, 3.05) is 46.8 Å². The molecule has 0 aromatic heterocycles. The Morgan fingerprint density at radius 3 is 2.38 bits per heavy atom. The van der Waals surface area contributed by atoms with Gasteiger partial charge in [0, 0.05) is 33.2 Å². The zero-order valence-corrected chi connectivity index (χ0v) is 9.77. The number of likely N-dealkylation sites (N-methyl/N-ethyl adjacent to an activating group) is 2. The lowest BCUT2D eigenvalue weighted by atomic mass is 10.2. The number of hydrogen-bond acceptors (Lipinski definition) is 3. The topological polar surface area (TPSA) is 55.9 Å². The summed E-state index contributed by atoms with van der Waals surface area (Å²) in [5.41, 5.74) is 0. The summed E-state index contributed by atoms with van der Waals surface area (Å²) < 4.78 is 0. The maximum Gasteiger partial charge on any atom is 0.317 e. The summed E-state index contributed by atoms with van der Waals surface area (Å²) in [6.45, 7) is 3.80. The Labute approximate surface area is 95.2 Å². The number of nitrogens with zero attached hydrogens (tertiary/aromatic N) is 3. The van der Waals surface area contributed by atoms with Crippen molar-refractivity contribution < 1.29 is 9.59 Å². The highest BCUT2D eigenvalue weighted by Gasteiger charge is 2.34. The summed E-state index contributed by atoms with van der Waals surface area (Å²) in [6.07, 6.45) is 0. The molecule has 1 atom stereocenters. The van der Waals surface area contributed by atoms with Crippen LogP contribution in [-0.2, 0) is 4.79 Å². The molecule has 0 saturated carbocycles. The fourth-order valence-electron chi connectivity index (χ4n) is 2.05. The maximum absolute atomic E-state index is 12.1. The Balaban J connectivity index is 1.91. The standard InChI is InChI=1S/C10H18N4O2/c1-12-3-5-14(6-4-12)9(15)8-7-13(2)10(16)11-8/h8H,3-7H2,1-2H3,(H,11,16). The van der Waals surface area contributed by atoms with Crippen LogP contribution in [0, 0.1) is 0 Å². The van der Waals surface area contributed by atoms with Crippen LogP contribution in [0.4, 0.5) is 4.79 Å². The highest BCUT2D eigenvalue weighted by molar-refractivity contribution is 5.90. The van der Waals surface area contributed by atoms with Gasteiger partial charge in [0.25, 0.3) is 0 Å². The third-order valence-corrected chi connectivity index (χ3v) is 3.21. The average Bonchev–Trinajstić information content (AvgIpc) is 2.59. The molecule has 2 heterocycles. The van der Waals surface area contributed by atoms with E-state index in [-0.39, 0.29) is 18.0 Å². The first-order valence-corrected chi connectivity index (χ1v) is 5.57. The molecule has 90 valence electrons. The van der Waals surface area contributed by atoms with Crippen LogP contribution in [-0.4, -0.2) is 79.5 Å². The van der Waals surface area contributed by atoms with Crippen LogP contribution < -0.4 is 5.32 Å². The molecule has 2 aliphatic rings. The molecule has 0 aromatic rings. The second kappa shape index (κ2) is 4.29. The van der Waals surface area contributed by atoms with Gasteiger partial charge >= 0.3 is 6.03 Å². The molecule has 0 radical (unpaired) electrons. The number of carbonyl (C=O) groups is 2. The lowest BCUT2D eigenvalue weighted by Crippen LogP contribution is -2.53. The molecule has 6 heteroatoms. The van der Waals surface area contributed by atoms with E-state index in [1.165, 1.54) is 0 Å². The molecule has 0 aromatic carbocycles. The molecular weight excluding hydrogens is 208 g/mol. The van der Waals surface area contributed by atoms with Gasteiger partial charge < -0.3 is 20.0 Å². The lowest BCUT2D eigenvalue weighted by molar-refractivity contribution is -0.134. The summed E-state index contributed by atoms with van der Waals surface area (Å²) in [7, 11) is 3.75. The summed E-state index contributed by atoms with van der Waals surface area (Å²) in [5.74, 6) is 0.0470. The van der Waals surface area contributed by atoms with Crippen LogP contribution in [0.5, 0.6) is 0 Å². The van der Waals surface area contributed by atoms with Crippen molar-refractivity contribution in [1.29, 1.82) is 0 Å². The summed E-state index contributed by atoms with van der Waals surface area (Å²) in [6, 6.07) is -0.520. The first kappa shape index (κ1) is 11.2. The molecule has 0 aliphatic carbocycles. The van der Waals surface area contributed by atoms with E-state index in [2.05, 4.69) is 10.2 Å². The van der Waals surface area contributed by atoms with Gasteiger partial charge in [0.2, 0.25) is 5.91 Å². The minimum Gasteiger partial charge on any atom is -0.338 e. The first-order valence-electron chi connectivity index (χ1n) is 5.57. The number of hydrogen-bond donors (Lipinski definition) is 1. The van der Waals surface area contributed by atoms with Crippen molar-refractivity contribution in [3.05, 3.63) is 0 Å². The fourth-order valence-corrected chi connectivity index (χ4v) is 2.05. The van der Waals surface area contributed by atoms with Crippen LogP contribution >= 0.6 is 0 Å². The minimum atomic E-state index is -0.360.